The summed E-state index contributed by atoms with van der Waals surface area (Å²) >= 11 is 0. The molecular weight excluding hydrogens is 432 g/mol. The molecule has 1 heterocycles. The zero-order chi connectivity index (χ0) is 23.7. The van der Waals surface area contributed by atoms with Gasteiger partial charge in [-0.1, -0.05) is 43.3 Å². The van der Waals surface area contributed by atoms with Gasteiger partial charge in [-0.3, -0.25) is 14.5 Å². The van der Waals surface area contributed by atoms with Crippen LogP contribution in [0.3, 0.4) is 0 Å². The average Bonchev–Trinajstić information content (AvgIpc) is 3.00. The van der Waals surface area contributed by atoms with Crippen molar-refractivity contribution in [1.29, 1.82) is 0 Å². The number of hydrogen-bond acceptors (Lipinski definition) is 5. The molecule has 10 heteroatoms. The molecule has 0 unspecified atom stereocenters. The Morgan fingerprint density at radius 3 is 2.38 bits per heavy atom. The van der Waals surface area contributed by atoms with Crippen molar-refractivity contribution in [1.82, 2.24) is 14.5 Å². The molecule has 1 fully saturated rings. The number of sulfonamides is 1. The van der Waals surface area contributed by atoms with Crippen LogP contribution in [-0.2, 0) is 25.2 Å². The third-order valence-corrected chi connectivity index (χ3v) is 7.35. The topological polar surface area (TPSA) is 116 Å². The van der Waals surface area contributed by atoms with Gasteiger partial charge >= 0.3 is 6.03 Å². The molecule has 4 amide bonds. The van der Waals surface area contributed by atoms with Gasteiger partial charge in [0.25, 0.3) is 5.91 Å². The molecule has 0 saturated carbocycles. The Morgan fingerprint density at radius 2 is 1.78 bits per heavy atom. The van der Waals surface area contributed by atoms with Crippen LogP contribution in [0.25, 0.3) is 0 Å². The van der Waals surface area contributed by atoms with Crippen LogP contribution in [-0.4, -0.2) is 56.1 Å². The van der Waals surface area contributed by atoms with Crippen LogP contribution in [0.2, 0.25) is 0 Å². The predicted molar refractivity (Wildman–Crippen MR) is 119 cm³/mol. The van der Waals surface area contributed by atoms with E-state index in [0.29, 0.717) is 17.5 Å². The van der Waals surface area contributed by atoms with Gasteiger partial charge in [-0.2, -0.15) is 0 Å². The summed E-state index contributed by atoms with van der Waals surface area (Å²) in [7, 11) is -0.859. The van der Waals surface area contributed by atoms with E-state index < -0.39 is 40.0 Å². The van der Waals surface area contributed by atoms with Crippen LogP contribution in [0, 0.1) is 6.92 Å². The van der Waals surface area contributed by atoms with Gasteiger partial charge in [0.15, 0.2) is 0 Å². The largest absolute Gasteiger partial charge is 0.325 e. The molecule has 1 aliphatic heterocycles. The van der Waals surface area contributed by atoms with Gasteiger partial charge in [0.1, 0.15) is 12.1 Å². The standard InChI is InChI=1S/C22H26N4O5S/c1-5-22(16-9-7-6-8-10-16)20(28)26(21(29)24-22)14-19(27)23-18-13-17(12-11-15(18)2)32(30,31)25(3)4/h6-13H,5,14H2,1-4H3,(H,23,27)(H,24,29)/t22-/m0/s1. The second-order valence-corrected chi connectivity index (χ2v) is 9.91. The van der Waals surface area contributed by atoms with E-state index in [1.54, 1.807) is 44.2 Å². The van der Waals surface area contributed by atoms with Crippen molar-refractivity contribution in [2.45, 2.75) is 30.7 Å². The monoisotopic (exact) mass is 458 g/mol. The number of carbonyl (C=O) groups is 3. The number of aryl methyl sites for hydroxylation is 1. The Kier molecular flexibility index (Phi) is 6.38. The van der Waals surface area contributed by atoms with E-state index in [9.17, 15) is 22.8 Å². The van der Waals surface area contributed by atoms with E-state index >= 15 is 0 Å². The molecule has 9 nitrogen and oxygen atoms in total. The first-order chi connectivity index (χ1) is 15.0. The summed E-state index contributed by atoms with van der Waals surface area (Å²) in [5, 5.41) is 5.35. The number of rotatable bonds is 7. The lowest BCUT2D eigenvalue weighted by molar-refractivity contribution is -0.134. The van der Waals surface area contributed by atoms with Gasteiger partial charge in [0.05, 0.1) is 4.90 Å². The van der Waals surface area contributed by atoms with Crippen molar-refractivity contribution < 1.29 is 22.8 Å². The highest BCUT2D eigenvalue weighted by atomic mass is 32.2. The van der Waals surface area contributed by atoms with Crippen LogP contribution >= 0.6 is 0 Å². The summed E-state index contributed by atoms with van der Waals surface area (Å²) in [6.45, 7) is 3.01. The molecule has 1 aliphatic rings. The van der Waals surface area contributed by atoms with Gasteiger partial charge in [-0.05, 0) is 36.6 Å². The number of imide groups is 1. The molecule has 0 spiro atoms. The first kappa shape index (κ1) is 23.4. The smallest absolute Gasteiger partial charge is 0.324 e. The maximum Gasteiger partial charge on any atom is 0.325 e. The Balaban J connectivity index is 1.81. The summed E-state index contributed by atoms with van der Waals surface area (Å²) in [5.41, 5.74) is 0.338. The molecule has 1 saturated heterocycles. The minimum Gasteiger partial charge on any atom is -0.324 e. The lowest BCUT2D eigenvalue weighted by atomic mass is 9.87. The molecule has 1 atom stereocenters. The fourth-order valence-corrected chi connectivity index (χ4v) is 4.50. The number of urea groups is 1. The maximum atomic E-state index is 13.2. The fourth-order valence-electron chi connectivity index (χ4n) is 3.57. The van der Waals surface area contributed by atoms with E-state index in [4.69, 9.17) is 0 Å². The summed E-state index contributed by atoms with van der Waals surface area (Å²) in [6, 6.07) is 12.6. The van der Waals surface area contributed by atoms with Gasteiger partial charge in [0, 0.05) is 19.8 Å². The van der Waals surface area contributed by atoms with Gasteiger partial charge in [-0.15, -0.1) is 0 Å². The zero-order valence-electron chi connectivity index (χ0n) is 18.4. The van der Waals surface area contributed by atoms with Crippen molar-refractivity contribution in [3.8, 4) is 0 Å². The highest BCUT2D eigenvalue weighted by Crippen LogP contribution is 2.32. The van der Waals surface area contributed by atoms with Gasteiger partial charge in [-0.25, -0.2) is 17.5 Å². The molecule has 0 aromatic heterocycles. The van der Waals surface area contributed by atoms with Crippen molar-refractivity contribution in [3.63, 3.8) is 0 Å². The quantitative estimate of drug-likeness (QED) is 0.616. The van der Waals surface area contributed by atoms with Crippen LogP contribution in [0.1, 0.15) is 24.5 Å². The first-order valence-electron chi connectivity index (χ1n) is 10.1. The van der Waals surface area contributed by atoms with E-state index in [1.165, 1.54) is 26.2 Å². The minimum absolute atomic E-state index is 0.0208. The number of hydrogen-bond donors (Lipinski definition) is 2. The minimum atomic E-state index is -3.69. The molecule has 2 N–H and O–H groups in total. The third-order valence-electron chi connectivity index (χ3n) is 5.54. The lowest BCUT2D eigenvalue weighted by Crippen LogP contribution is -2.44. The number of anilines is 1. The molecular formula is C22H26N4O5S. The van der Waals surface area contributed by atoms with Gasteiger partial charge < -0.3 is 10.6 Å². The summed E-state index contributed by atoms with van der Waals surface area (Å²) in [4.78, 5) is 39.3. The summed E-state index contributed by atoms with van der Waals surface area (Å²) in [5.74, 6) is -1.12. The summed E-state index contributed by atoms with van der Waals surface area (Å²) in [6.07, 6.45) is 0.323. The summed E-state index contributed by atoms with van der Waals surface area (Å²) < 4.78 is 25.9. The fraction of sp³-hybridized carbons (Fsp3) is 0.318. The van der Waals surface area contributed by atoms with E-state index in [2.05, 4.69) is 10.6 Å². The van der Waals surface area contributed by atoms with Crippen LogP contribution in [0.5, 0.6) is 0 Å². The predicted octanol–water partition coefficient (Wildman–Crippen LogP) is 2.04. The number of nitrogens with one attached hydrogen (secondary N) is 2. The molecule has 32 heavy (non-hydrogen) atoms. The second-order valence-electron chi connectivity index (χ2n) is 7.76. The number of carbonyl (C=O) groups excluding carboxylic acids is 3. The zero-order valence-corrected chi connectivity index (χ0v) is 19.2. The maximum absolute atomic E-state index is 13.2. The first-order valence-corrected chi connectivity index (χ1v) is 11.5. The lowest BCUT2D eigenvalue weighted by Gasteiger charge is -2.25. The van der Waals surface area contributed by atoms with Gasteiger partial charge in [0.2, 0.25) is 15.9 Å². The Hall–Kier alpha value is -3.24. The normalized spacial score (nSPS) is 18.7. The van der Waals surface area contributed by atoms with Crippen molar-refractivity contribution in [2.75, 3.05) is 26.0 Å². The molecule has 170 valence electrons. The van der Waals surface area contributed by atoms with E-state index in [1.807, 2.05) is 6.07 Å². The Morgan fingerprint density at radius 1 is 1.12 bits per heavy atom. The Labute approximate surface area is 187 Å². The number of benzene rings is 2. The molecule has 0 bridgehead atoms. The third kappa shape index (κ3) is 4.11. The van der Waals surface area contributed by atoms with Crippen LogP contribution in [0.4, 0.5) is 10.5 Å². The molecule has 2 aromatic carbocycles. The second kappa shape index (κ2) is 8.71. The van der Waals surface area contributed by atoms with Crippen molar-refractivity contribution in [2.24, 2.45) is 0 Å². The molecule has 0 aliphatic carbocycles. The van der Waals surface area contributed by atoms with Crippen LogP contribution in [0.15, 0.2) is 53.4 Å². The molecule has 3 rings (SSSR count). The van der Waals surface area contributed by atoms with E-state index in [-0.39, 0.29) is 10.6 Å². The number of amides is 4. The molecule has 0 radical (unpaired) electrons. The van der Waals surface area contributed by atoms with Crippen molar-refractivity contribution >= 4 is 33.6 Å². The Bertz CT molecular complexity index is 1160. The average molecular weight is 459 g/mol. The SMILES string of the molecule is CC[C@@]1(c2ccccc2)NC(=O)N(CC(=O)Nc2cc(S(=O)(=O)N(C)C)ccc2C)C1=O. The molecule has 2 aromatic rings. The highest BCUT2D eigenvalue weighted by Gasteiger charge is 2.51. The van der Waals surface area contributed by atoms with Crippen molar-refractivity contribution in [3.05, 3.63) is 59.7 Å². The van der Waals surface area contributed by atoms with E-state index in [0.717, 1.165) is 9.21 Å². The number of nitrogens with zero attached hydrogens (tertiary/aromatic N) is 2. The highest BCUT2D eigenvalue weighted by molar-refractivity contribution is 7.89. The van der Waals surface area contributed by atoms with Crippen LogP contribution < -0.4 is 10.6 Å².